The zero-order valence-corrected chi connectivity index (χ0v) is 20.0. The number of methoxy groups -OCH3 is 1. The molecule has 3 amide bonds. The van der Waals surface area contributed by atoms with Gasteiger partial charge in [0, 0.05) is 12.3 Å². The molecule has 2 aliphatic rings. The number of sulfone groups is 1. The van der Waals surface area contributed by atoms with Crippen LogP contribution >= 0.6 is 11.3 Å². The van der Waals surface area contributed by atoms with Crippen LogP contribution in [0.3, 0.4) is 0 Å². The van der Waals surface area contributed by atoms with E-state index in [1.54, 1.807) is 25.1 Å². The molecule has 9 nitrogen and oxygen atoms in total. The third-order valence-corrected chi connectivity index (χ3v) is 8.73. The number of nitrogens with zero attached hydrogens (tertiary/aromatic N) is 1. The van der Waals surface area contributed by atoms with Gasteiger partial charge in [-0.05, 0) is 37.5 Å². The zero-order chi connectivity index (χ0) is 23.9. The molecule has 0 radical (unpaired) electrons. The number of anilines is 1. The van der Waals surface area contributed by atoms with Gasteiger partial charge in [0.2, 0.25) is 5.91 Å². The Labute approximate surface area is 195 Å². The number of hydrogen-bond donors (Lipinski definition) is 1. The number of ether oxygens (including phenoxy) is 2. The second kappa shape index (κ2) is 8.79. The number of fused-ring (bicyclic) bond motifs is 1. The van der Waals surface area contributed by atoms with Crippen LogP contribution in [-0.2, 0) is 14.6 Å². The summed E-state index contributed by atoms with van der Waals surface area (Å²) in [4.78, 5) is 39.2. The predicted molar refractivity (Wildman–Crippen MR) is 123 cm³/mol. The fourth-order valence-electron chi connectivity index (χ4n) is 3.88. The van der Waals surface area contributed by atoms with Gasteiger partial charge in [-0.3, -0.25) is 19.3 Å². The lowest BCUT2D eigenvalue weighted by Crippen LogP contribution is -2.38. The summed E-state index contributed by atoms with van der Waals surface area (Å²) in [6, 6.07) is 3.81. The molecule has 1 aliphatic heterocycles. The monoisotopic (exact) mass is 492 g/mol. The second-order valence-electron chi connectivity index (χ2n) is 7.90. The Kier molecular flexibility index (Phi) is 6.19. The van der Waals surface area contributed by atoms with Crippen molar-refractivity contribution in [2.75, 3.05) is 24.8 Å². The van der Waals surface area contributed by atoms with Crippen molar-refractivity contribution in [2.45, 2.75) is 38.0 Å². The van der Waals surface area contributed by atoms with E-state index in [2.05, 4.69) is 5.32 Å². The van der Waals surface area contributed by atoms with Crippen molar-refractivity contribution in [1.29, 1.82) is 0 Å². The fraction of sp³-hybridized carbons (Fsp3) is 0.409. The van der Waals surface area contributed by atoms with Gasteiger partial charge in [0.15, 0.2) is 21.3 Å². The van der Waals surface area contributed by atoms with E-state index in [4.69, 9.17) is 9.47 Å². The SMILES string of the molecule is CCOc1cc([C@H](CS(=O)(=O)C2CC2)N2C(=O)c3csc(NC(C)=O)c3C2=O)ccc1OC. The van der Waals surface area contributed by atoms with Crippen LogP contribution in [0, 0.1) is 0 Å². The van der Waals surface area contributed by atoms with Crippen LogP contribution in [-0.4, -0.2) is 55.8 Å². The van der Waals surface area contributed by atoms with E-state index < -0.39 is 38.7 Å². The third-order valence-electron chi connectivity index (χ3n) is 5.57. The van der Waals surface area contributed by atoms with Crippen molar-refractivity contribution < 1.29 is 32.3 Å². The van der Waals surface area contributed by atoms with E-state index in [0.29, 0.717) is 36.5 Å². The molecule has 33 heavy (non-hydrogen) atoms. The van der Waals surface area contributed by atoms with Crippen LogP contribution in [0.5, 0.6) is 11.5 Å². The largest absolute Gasteiger partial charge is 0.493 e. The smallest absolute Gasteiger partial charge is 0.265 e. The van der Waals surface area contributed by atoms with Gasteiger partial charge in [-0.25, -0.2) is 8.42 Å². The van der Waals surface area contributed by atoms with Gasteiger partial charge in [-0.15, -0.1) is 11.3 Å². The number of benzene rings is 1. The summed E-state index contributed by atoms with van der Waals surface area (Å²) in [6.07, 6.45) is 1.15. The highest BCUT2D eigenvalue weighted by molar-refractivity contribution is 7.92. The number of thiophene rings is 1. The number of carbonyl (C=O) groups excluding carboxylic acids is 3. The molecule has 1 aliphatic carbocycles. The van der Waals surface area contributed by atoms with E-state index in [1.807, 2.05) is 0 Å². The summed E-state index contributed by atoms with van der Waals surface area (Å²) < 4.78 is 36.8. The minimum Gasteiger partial charge on any atom is -0.493 e. The molecule has 0 saturated heterocycles. The van der Waals surface area contributed by atoms with Crippen LogP contribution in [0.4, 0.5) is 5.00 Å². The standard InChI is InChI=1S/C22H24N2O7S2/c1-4-31-18-9-13(5-8-17(18)30-3)16(11-33(28,29)14-6-7-14)24-21(26)15-10-32-20(23-12(2)25)19(15)22(24)27/h5,8-10,14,16H,4,6-7,11H2,1-3H3,(H,23,25)/t16-/m0/s1. The van der Waals surface area contributed by atoms with Gasteiger partial charge >= 0.3 is 0 Å². The van der Waals surface area contributed by atoms with Crippen LogP contribution in [0.1, 0.15) is 59.0 Å². The van der Waals surface area contributed by atoms with Crippen LogP contribution in [0.2, 0.25) is 0 Å². The number of hydrogen-bond acceptors (Lipinski definition) is 8. The molecular formula is C22H24N2O7S2. The minimum absolute atomic E-state index is 0.0903. The molecule has 1 fully saturated rings. The maximum atomic E-state index is 13.4. The fourth-order valence-corrected chi connectivity index (χ4v) is 6.76. The van der Waals surface area contributed by atoms with E-state index in [9.17, 15) is 22.8 Å². The number of nitrogens with one attached hydrogen (secondary N) is 1. The summed E-state index contributed by atoms with van der Waals surface area (Å²) in [7, 11) is -2.06. The van der Waals surface area contributed by atoms with Gasteiger partial charge < -0.3 is 14.8 Å². The van der Waals surface area contributed by atoms with Gasteiger partial charge in [-0.2, -0.15) is 0 Å². The topological polar surface area (TPSA) is 119 Å². The molecule has 1 aromatic carbocycles. The molecule has 1 saturated carbocycles. The van der Waals surface area contributed by atoms with Crippen molar-refractivity contribution in [1.82, 2.24) is 4.90 Å². The molecule has 1 N–H and O–H groups in total. The zero-order valence-electron chi connectivity index (χ0n) is 18.4. The molecule has 2 aromatic rings. The minimum atomic E-state index is -3.54. The molecule has 1 atom stereocenters. The van der Waals surface area contributed by atoms with Crippen molar-refractivity contribution in [3.63, 3.8) is 0 Å². The molecule has 11 heteroatoms. The maximum absolute atomic E-state index is 13.4. The van der Waals surface area contributed by atoms with E-state index in [1.165, 1.54) is 19.4 Å². The van der Waals surface area contributed by atoms with Gasteiger partial charge in [0.05, 0.1) is 41.9 Å². The maximum Gasteiger partial charge on any atom is 0.265 e. The van der Waals surface area contributed by atoms with Gasteiger partial charge in [0.25, 0.3) is 11.8 Å². The lowest BCUT2D eigenvalue weighted by Gasteiger charge is -2.27. The first-order valence-corrected chi connectivity index (χ1v) is 13.1. The molecule has 4 rings (SSSR count). The highest BCUT2D eigenvalue weighted by Gasteiger charge is 2.47. The summed E-state index contributed by atoms with van der Waals surface area (Å²) in [5.74, 6) is -1.15. The first kappa shape index (κ1) is 23.2. The Morgan fingerprint density at radius 1 is 1.24 bits per heavy atom. The summed E-state index contributed by atoms with van der Waals surface area (Å²) >= 11 is 1.08. The number of imide groups is 1. The second-order valence-corrected chi connectivity index (χ2v) is 11.1. The Bertz CT molecular complexity index is 1230. The average molecular weight is 493 g/mol. The molecule has 0 bridgehead atoms. The number of amides is 3. The van der Waals surface area contributed by atoms with Gasteiger partial charge in [-0.1, -0.05) is 6.07 Å². The van der Waals surface area contributed by atoms with Crippen LogP contribution < -0.4 is 14.8 Å². The Morgan fingerprint density at radius 3 is 2.58 bits per heavy atom. The quantitative estimate of drug-likeness (QED) is 0.535. The predicted octanol–water partition coefficient (Wildman–Crippen LogP) is 3.03. The van der Waals surface area contributed by atoms with Crippen LogP contribution in [0.25, 0.3) is 0 Å². The Balaban J connectivity index is 1.78. The molecular weight excluding hydrogens is 468 g/mol. The van der Waals surface area contributed by atoms with Gasteiger partial charge in [0.1, 0.15) is 5.00 Å². The highest BCUT2D eigenvalue weighted by atomic mass is 32.2. The molecule has 2 heterocycles. The lowest BCUT2D eigenvalue weighted by atomic mass is 10.1. The lowest BCUT2D eigenvalue weighted by molar-refractivity contribution is -0.114. The number of carbonyl (C=O) groups is 3. The van der Waals surface area contributed by atoms with Crippen molar-refractivity contribution in [2.24, 2.45) is 0 Å². The number of rotatable bonds is 9. The average Bonchev–Trinajstić information content (AvgIpc) is 3.50. The third kappa shape index (κ3) is 4.34. The first-order chi connectivity index (χ1) is 15.7. The highest BCUT2D eigenvalue weighted by Crippen LogP contribution is 2.42. The molecule has 0 unspecified atom stereocenters. The molecule has 0 spiro atoms. The Morgan fingerprint density at radius 2 is 1.97 bits per heavy atom. The van der Waals surface area contributed by atoms with Crippen molar-refractivity contribution in [3.05, 3.63) is 40.3 Å². The van der Waals surface area contributed by atoms with Crippen molar-refractivity contribution >= 4 is 43.9 Å². The molecule has 176 valence electrons. The van der Waals surface area contributed by atoms with E-state index in [0.717, 1.165) is 16.2 Å². The summed E-state index contributed by atoms with van der Waals surface area (Å²) in [5, 5.41) is 3.90. The first-order valence-electron chi connectivity index (χ1n) is 10.5. The van der Waals surface area contributed by atoms with E-state index in [-0.39, 0.29) is 22.0 Å². The van der Waals surface area contributed by atoms with Crippen molar-refractivity contribution in [3.8, 4) is 11.5 Å². The summed E-state index contributed by atoms with van der Waals surface area (Å²) in [6.45, 7) is 3.46. The van der Waals surface area contributed by atoms with Crippen LogP contribution in [0.15, 0.2) is 23.6 Å². The molecule has 1 aromatic heterocycles. The Hall–Kier alpha value is -2.92. The summed E-state index contributed by atoms with van der Waals surface area (Å²) in [5.41, 5.74) is 0.689. The normalized spacial score (nSPS) is 16.5. The van der Waals surface area contributed by atoms with E-state index >= 15 is 0 Å².